The average molecular weight is 268 g/mol. The van der Waals surface area contributed by atoms with E-state index in [2.05, 4.69) is 9.47 Å². The quantitative estimate of drug-likeness (QED) is 0.261. The van der Waals surface area contributed by atoms with Crippen LogP contribution in [0.25, 0.3) is 0 Å². The molecule has 0 aromatic carbocycles. The summed E-state index contributed by atoms with van der Waals surface area (Å²) in [6.07, 6.45) is 7.28. The number of carbonyl (C=O) groups is 2. The van der Waals surface area contributed by atoms with E-state index < -0.39 is 11.9 Å². The van der Waals surface area contributed by atoms with Crippen molar-refractivity contribution in [1.82, 2.24) is 0 Å². The summed E-state index contributed by atoms with van der Waals surface area (Å²) in [7, 11) is 2.49. The number of hydrogen-bond acceptors (Lipinski definition) is 4. The van der Waals surface area contributed by atoms with Crippen LogP contribution in [-0.2, 0) is 19.1 Å². The molecule has 1 rings (SSSR count). The number of rotatable bonds is 4. The van der Waals surface area contributed by atoms with Crippen molar-refractivity contribution in [3.05, 3.63) is 23.4 Å². The van der Waals surface area contributed by atoms with Gasteiger partial charge in [0.25, 0.3) is 0 Å². The number of ether oxygens (including phenoxy) is 2. The smallest absolute Gasteiger partial charge is 0.345 e. The number of esters is 2. The molecule has 106 valence electrons. The van der Waals surface area contributed by atoms with E-state index in [9.17, 15) is 9.59 Å². The first-order valence-corrected chi connectivity index (χ1v) is 6.49. The third kappa shape index (κ3) is 4.87. The molecule has 0 radical (unpaired) electrons. The van der Waals surface area contributed by atoms with E-state index in [0.717, 1.165) is 18.7 Å². The fraction of sp³-hybridized carbons (Fsp3) is 0.571. The molecule has 0 aliphatic carbocycles. The van der Waals surface area contributed by atoms with E-state index in [1.165, 1.54) is 44.5 Å². The molecule has 1 aliphatic heterocycles. The van der Waals surface area contributed by atoms with E-state index >= 15 is 0 Å². The third-order valence-corrected chi connectivity index (χ3v) is 3.11. The number of likely N-dealkylation sites (tertiary alicyclic amines) is 1. The van der Waals surface area contributed by atoms with Gasteiger partial charge in [0.2, 0.25) is 0 Å². The van der Waals surface area contributed by atoms with Crippen LogP contribution < -0.4 is 4.90 Å². The van der Waals surface area contributed by atoms with Crippen molar-refractivity contribution < 1.29 is 24.0 Å². The van der Waals surface area contributed by atoms with E-state index in [0.29, 0.717) is 0 Å². The molecule has 0 unspecified atom stereocenters. The van der Waals surface area contributed by atoms with Crippen LogP contribution in [-0.4, -0.2) is 39.2 Å². The first kappa shape index (κ1) is 15.4. The zero-order valence-corrected chi connectivity index (χ0v) is 11.8. The molecule has 0 saturated carbocycles. The van der Waals surface area contributed by atoms with Gasteiger partial charge in [0.15, 0.2) is 0 Å². The summed E-state index contributed by atoms with van der Waals surface area (Å²) in [5.41, 5.74) is 0.790. The highest BCUT2D eigenvalue weighted by Crippen LogP contribution is 2.06. The molecule has 5 nitrogen and oxygen atoms in total. The molecule has 0 amide bonds. The Morgan fingerprint density at radius 3 is 2.00 bits per heavy atom. The zero-order valence-electron chi connectivity index (χ0n) is 11.8. The van der Waals surface area contributed by atoms with Crippen molar-refractivity contribution >= 4 is 11.9 Å². The topological polar surface area (TPSA) is 57.0 Å². The first-order valence-electron chi connectivity index (χ1n) is 6.49. The van der Waals surface area contributed by atoms with Gasteiger partial charge in [-0.25, -0.2) is 9.59 Å². The molecule has 0 aromatic heterocycles. The van der Waals surface area contributed by atoms with Gasteiger partial charge in [-0.2, -0.15) is 0 Å². The van der Waals surface area contributed by atoms with Crippen molar-refractivity contribution in [2.24, 2.45) is 0 Å². The summed E-state index contributed by atoms with van der Waals surface area (Å²) >= 11 is 0. The molecule has 5 heteroatoms. The Bertz CT molecular complexity index is 374. The van der Waals surface area contributed by atoms with Crippen molar-refractivity contribution in [1.29, 1.82) is 0 Å². The molecule has 1 heterocycles. The molecular formula is C14H22NO4+. The summed E-state index contributed by atoms with van der Waals surface area (Å²) < 4.78 is 9.17. The second-order valence-electron chi connectivity index (χ2n) is 4.65. The largest absolute Gasteiger partial charge is 0.465 e. The highest BCUT2D eigenvalue weighted by molar-refractivity contribution is 6.14. The van der Waals surface area contributed by atoms with Crippen LogP contribution in [0.1, 0.15) is 26.2 Å². The van der Waals surface area contributed by atoms with Gasteiger partial charge in [-0.15, -0.1) is 0 Å². The third-order valence-electron chi connectivity index (χ3n) is 3.11. The number of carbonyl (C=O) groups excluding carboxylic acids is 2. The Labute approximate surface area is 113 Å². The lowest BCUT2D eigenvalue weighted by Gasteiger charge is -2.19. The number of allylic oxidation sites excluding steroid dienone is 2. The van der Waals surface area contributed by atoms with Gasteiger partial charge in [0.05, 0.1) is 33.5 Å². The molecule has 0 bridgehead atoms. The van der Waals surface area contributed by atoms with Crippen molar-refractivity contribution in [3.63, 3.8) is 0 Å². The van der Waals surface area contributed by atoms with E-state index in [1.807, 2.05) is 13.1 Å². The van der Waals surface area contributed by atoms with Gasteiger partial charge in [0, 0.05) is 5.57 Å². The summed E-state index contributed by atoms with van der Waals surface area (Å²) in [4.78, 5) is 24.4. The Balaban J connectivity index is 2.84. The molecular weight excluding hydrogens is 246 g/mol. The van der Waals surface area contributed by atoms with Crippen LogP contribution in [0.15, 0.2) is 23.4 Å². The normalized spacial score (nSPS) is 16.7. The minimum absolute atomic E-state index is 0.0739. The number of quaternary nitrogens is 1. The molecule has 1 saturated heterocycles. The summed E-state index contributed by atoms with van der Waals surface area (Å²) in [6, 6.07) is 0. The van der Waals surface area contributed by atoms with Gasteiger partial charge in [-0.1, -0.05) is 0 Å². The summed E-state index contributed by atoms with van der Waals surface area (Å²) in [5.74, 6) is -1.35. The predicted molar refractivity (Wildman–Crippen MR) is 70.4 cm³/mol. The number of piperidine rings is 1. The number of hydrogen-bond donors (Lipinski definition) is 1. The van der Waals surface area contributed by atoms with Gasteiger partial charge in [-0.3, -0.25) is 0 Å². The first-order chi connectivity index (χ1) is 9.08. The van der Waals surface area contributed by atoms with E-state index in [4.69, 9.17) is 0 Å². The molecule has 19 heavy (non-hydrogen) atoms. The minimum atomic E-state index is -0.673. The molecule has 0 atom stereocenters. The van der Waals surface area contributed by atoms with Gasteiger partial charge < -0.3 is 14.4 Å². The minimum Gasteiger partial charge on any atom is -0.465 e. The lowest BCUT2D eigenvalue weighted by atomic mass is 10.1. The van der Waals surface area contributed by atoms with E-state index in [1.54, 1.807) is 0 Å². The lowest BCUT2D eigenvalue weighted by molar-refractivity contribution is -0.852. The summed E-state index contributed by atoms with van der Waals surface area (Å²) in [6.45, 7) is 4.06. The maximum absolute atomic E-state index is 11.5. The maximum atomic E-state index is 11.5. The fourth-order valence-electron chi connectivity index (χ4n) is 2.16. The summed E-state index contributed by atoms with van der Waals surface area (Å²) in [5, 5.41) is 0. The monoisotopic (exact) mass is 268 g/mol. The van der Waals surface area contributed by atoms with Gasteiger partial charge in [0.1, 0.15) is 5.57 Å². The van der Waals surface area contributed by atoms with Gasteiger partial charge in [-0.05, 0) is 32.3 Å². The van der Waals surface area contributed by atoms with Crippen LogP contribution in [0.3, 0.4) is 0 Å². The van der Waals surface area contributed by atoms with Crippen LogP contribution in [0, 0.1) is 0 Å². The highest BCUT2D eigenvalue weighted by Gasteiger charge is 2.20. The Morgan fingerprint density at radius 1 is 1.00 bits per heavy atom. The highest BCUT2D eigenvalue weighted by atomic mass is 16.5. The Hall–Kier alpha value is -1.62. The maximum Gasteiger partial charge on any atom is 0.345 e. The number of nitrogens with one attached hydrogen (secondary N) is 1. The lowest BCUT2D eigenvalue weighted by Crippen LogP contribution is -3.08. The van der Waals surface area contributed by atoms with Crippen LogP contribution >= 0.6 is 0 Å². The predicted octanol–water partition coefficient (Wildman–Crippen LogP) is 0.231. The van der Waals surface area contributed by atoms with Crippen LogP contribution in [0.4, 0.5) is 0 Å². The van der Waals surface area contributed by atoms with Crippen LogP contribution in [0.2, 0.25) is 0 Å². The van der Waals surface area contributed by atoms with Crippen molar-refractivity contribution in [2.45, 2.75) is 26.2 Å². The van der Waals surface area contributed by atoms with Crippen molar-refractivity contribution in [2.75, 3.05) is 27.3 Å². The Kier molecular flexibility index (Phi) is 6.29. The zero-order chi connectivity index (χ0) is 14.3. The second kappa shape index (κ2) is 7.74. The molecule has 0 aromatic rings. The van der Waals surface area contributed by atoms with Crippen LogP contribution in [0.5, 0.6) is 0 Å². The standard InChI is InChI=1S/C14H21NO4/c1-11(10-15-7-5-4-6-8-15)9-12(13(16)18-2)14(17)19-3/h9-10H,4-8H2,1-3H3/p+1/b11-10+. The average Bonchev–Trinajstić information content (AvgIpc) is 2.44. The number of methoxy groups -OCH3 is 2. The van der Waals surface area contributed by atoms with Gasteiger partial charge >= 0.3 is 11.9 Å². The molecule has 1 fully saturated rings. The fourth-order valence-corrected chi connectivity index (χ4v) is 2.16. The Morgan fingerprint density at radius 2 is 1.53 bits per heavy atom. The second-order valence-corrected chi connectivity index (χ2v) is 4.65. The molecule has 0 spiro atoms. The molecule has 1 N–H and O–H groups in total. The van der Waals surface area contributed by atoms with Crippen molar-refractivity contribution in [3.8, 4) is 0 Å². The van der Waals surface area contributed by atoms with E-state index in [-0.39, 0.29) is 5.57 Å². The SMILES string of the molecule is COC(=O)C(=C/C(C)=C/[NH+]1CCCCC1)C(=O)OC. The molecule has 1 aliphatic rings.